The average Bonchev–Trinajstić information content (AvgIpc) is 3.11. The molecule has 0 saturated carbocycles. The molecule has 1 N–H and O–H groups in total. The summed E-state index contributed by atoms with van der Waals surface area (Å²) in [7, 11) is 1.63. The summed E-state index contributed by atoms with van der Waals surface area (Å²) in [5.74, 6) is 0.412. The maximum absolute atomic E-state index is 12.4. The number of methoxy groups -OCH3 is 1. The molecular weight excluding hydrogens is 364 g/mol. The third-order valence-corrected chi connectivity index (χ3v) is 4.22. The topological polar surface area (TPSA) is 69.0 Å². The smallest absolute Gasteiger partial charge is 0.290 e. The molecule has 3 rings (SSSR count). The lowest BCUT2D eigenvalue weighted by Gasteiger charge is -2.06. The molecule has 1 aromatic heterocycles. The molecule has 0 aliphatic rings. The van der Waals surface area contributed by atoms with E-state index in [0.29, 0.717) is 24.0 Å². The molecule has 7 heteroatoms. The second-order valence-corrected chi connectivity index (χ2v) is 6.56. The van der Waals surface area contributed by atoms with Crippen molar-refractivity contribution in [3.05, 3.63) is 64.9 Å². The zero-order valence-electron chi connectivity index (χ0n) is 15.3. The SMILES string of the molecule is COCCCNC(=O)c1nc(-c2cccc(C)c2)n(-c2ccc(Cl)cc2)n1. The molecule has 0 spiro atoms. The van der Waals surface area contributed by atoms with E-state index in [2.05, 4.69) is 15.4 Å². The van der Waals surface area contributed by atoms with Crippen LogP contribution in [0.1, 0.15) is 22.6 Å². The Labute approximate surface area is 163 Å². The highest BCUT2D eigenvalue weighted by Gasteiger charge is 2.18. The lowest BCUT2D eigenvalue weighted by molar-refractivity contribution is 0.0938. The van der Waals surface area contributed by atoms with Crippen LogP contribution in [-0.4, -0.2) is 40.9 Å². The summed E-state index contributed by atoms with van der Waals surface area (Å²) in [5.41, 5.74) is 2.77. The summed E-state index contributed by atoms with van der Waals surface area (Å²) in [6, 6.07) is 15.2. The molecule has 0 fully saturated rings. The molecule has 6 nitrogen and oxygen atoms in total. The Bertz CT molecular complexity index is 922. The van der Waals surface area contributed by atoms with Gasteiger partial charge in [0.25, 0.3) is 5.91 Å². The van der Waals surface area contributed by atoms with E-state index >= 15 is 0 Å². The van der Waals surface area contributed by atoms with Crippen LogP contribution in [0.2, 0.25) is 5.02 Å². The number of hydrogen-bond donors (Lipinski definition) is 1. The highest BCUT2D eigenvalue weighted by Crippen LogP contribution is 2.23. The maximum atomic E-state index is 12.4. The minimum atomic E-state index is -0.312. The van der Waals surface area contributed by atoms with Crippen molar-refractivity contribution in [1.82, 2.24) is 20.1 Å². The molecule has 0 radical (unpaired) electrons. The van der Waals surface area contributed by atoms with E-state index in [4.69, 9.17) is 16.3 Å². The molecule has 2 aromatic carbocycles. The number of nitrogens with zero attached hydrogens (tertiary/aromatic N) is 3. The average molecular weight is 385 g/mol. The first kappa shape index (κ1) is 19.1. The quantitative estimate of drug-likeness (QED) is 0.631. The number of halogens is 1. The maximum Gasteiger partial charge on any atom is 0.290 e. The van der Waals surface area contributed by atoms with Crippen LogP contribution in [0.5, 0.6) is 0 Å². The van der Waals surface area contributed by atoms with E-state index in [0.717, 1.165) is 23.2 Å². The van der Waals surface area contributed by atoms with E-state index in [1.807, 2.05) is 43.3 Å². The Morgan fingerprint density at radius 3 is 2.70 bits per heavy atom. The second-order valence-electron chi connectivity index (χ2n) is 6.12. The number of carbonyl (C=O) groups excluding carboxylic acids is 1. The zero-order valence-corrected chi connectivity index (χ0v) is 16.0. The summed E-state index contributed by atoms with van der Waals surface area (Å²) < 4.78 is 6.65. The van der Waals surface area contributed by atoms with Crippen molar-refractivity contribution in [1.29, 1.82) is 0 Å². The highest BCUT2D eigenvalue weighted by molar-refractivity contribution is 6.30. The van der Waals surface area contributed by atoms with Gasteiger partial charge in [-0.15, -0.1) is 5.10 Å². The van der Waals surface area contributed by atoms with Crippen molar-refractivity contribution >= 4 is 17.5 Å². The lowest BCUT2D eigenvalue weighted by Crippen LogP contribution is -2.26. The van der Waals surface area contributed by atoms with Gasteiger partial charge in [-0.05, 0) is 43.7 Å². The Morgan fingerprint density at radius 1 is 1.22 bits per heavy atom. The minimum absolute atomic E-state index is 0.124. The molecule has 0 aliphatic heterocycles. The van der Waals surface area contributed by atoms with E-state index in [9.17, 15) is 4.79 Å². The van der Waals surface area contributed by atoms with Gasteiger partial charge in [-0.1, -0.05) is 35.4 Å². The number of aromatic nitrogens is 3. The number of nitrogens with one attached hydrogen (secondary N) is 1. The van der Waals surface area contributed by atoms with Gasteiger partial charge in [0.05, 0.1) is 5.69 Å². The summed E-state index contributed by atoms with van der Waals surface area (Å²) in [6.07, 6.45) is 0.727. The molecule has 1 heterocycles. The van der Waals surface area contributed by atoms with Gasteiger partial charge < -0.3 is 10.1 Å². The first-order valence-corrected chi connectivity index (χ1v) is 9.03. The minimum Gasteiger partial charge on any atom is -0.385 e. The van der Waals surface area contributed by atoms with Crippen molar-refractivity contribution in [3.63, 3.8) is 0 Å². The van der Waals surface area contributed by atoms with Crippen LogP contribution in [0.4, 0.5) is 0 Å². The van der Waals surface area contributed by atoms with Crippen molar-refractivity contribution in [3.8, 4) is 17.1 Å². The van der Waals surface area contributed by atoms with Crippen molar-refractivity contribution in [2.45, 2.75) is 13.3 Å². The van der Waals surface area contributed by atoms with Gasteiger partial charge in [0.15, 0.2) is 5.82 Å². The molecule has 0 atom stereocenters. The van der Waals surface area contributed by atoms with E-state index in [1.165, 1.54) is 0 Å². The zero-order chi connectivity index (χ0) is 19.2. The monoisotopic (exact) mass is 384 g/mol. The van der Waals surface area contributed by atoms with Crippen LogP contribution in [0.15, 0.2) is 48.5 Å². The second kappa shape index (κ2) is 8.79. The molecule has 0 unspecified atom stereocenters. The third kappa shape index (κ3) is 4.72. The van der Waals surface area contributed by atoms with Crippen LogP contribution in [-0.2, 0) is 4.74 Å². The summed E-state index contributed by atoms with van der Waals surface area (Å²) in [4.78, 5) is 16.9. The summed E-state index contributed by atoms with van der Waals surface area (Å²) >= 11 is 6.00. The molecule has 3 aromatic rings. The Balaban J connectivity index is 1.96. The van der Waals surface area contributed by atoms with Gasteiger partial charge in [0.1, 0.15) is 0 Å². The molecule has 27 heavy (non-hydrogen) atoms. The fourth-order valence-electron chi connectivity index (χ4n) is 2.64. The van der Waals surface area contributed by atoms with E-state index < -0.39 is 0 Å². The number of ether oxygens (including phenoxy) is 1. The van der Waals surface area contributed by atoms with Gasteiger partial charge in [-0.3, -0.25) is 4.79 Å². The fraction of sp³-hybridized carbons (Fsp3) is 0.250. The van der Waals surface area contributed by atoms with Gasteiger partial charge in [0.2, 0.25) is 5.82 Å². The Kier molecular flexibility index (Phi) is 6.21. The van der Waals surface area contributed by atoms with Crippen LogP contribution < -0.4 is 5.32 Å². The normalized spacial score (nSPS) is 10.8. The van der Waals surface area contributed by atoms with Gasteiger partial charge in [-0.2, -0.15) is 0 Å². The van der Waals surface area contributed by atoms with Crippen LogP contribution >= 0.6 is 11.6 Å². The molecule has 0 saturated heterocycles. The number of amides is 1. The van der Waals surface area contributed by atoms with Gasteiger partial charge in [0, 0.05) is 30.8 Å². The summed E-state index contributed by atoms with van der Waals surface area (Å²) in [5, 5.41) is 7.89. The Morgan fingerprint density at radius 2 is 2.00 bits per heavy atom. The third-order valence-electron chi connectivity index (χ3n) is 3.97. The first-order chi connectivity index (χ1) is 13.1. The van der Waals surface area contributed by atoms with E-state index in [1.54, 1.807) is 23.9 Å². The first-order valence-electron chi connectivity index (χ1n) is 8.65. The number of hydrogen-bond acceptors (Lipinski definition) is 4. The molecule has 0 aliphatic carbocycles. The molecular formula is C20H21ClN4O2. The standard InChI is InChI=1S/C20H21ClN4O2/c1-14-5-3-6-15(13-14)19-23-18(20(26)22-11-4-12-27-2)24-25(19)17-9-7-16(21)8-10-17/h3,5-10,13H,4,11-12H2,1-2H3,(H,22,26). The van der Waals surface area contributed by atoms with Crippen molar-refractivity contribution in [2.24, 2.45) is 0 Å². The summed E-state index contributed by atoms with van der Waals surface area (Å²) in [6.45, 7) is 3.10. The largest absolute Gasteiger partial charge is 0.385 e. The van der Waals surface area contributed by atoms with Crippen molar-refractivity contribution in [2.75, 3.05) is 20.3 Å². The van der Waals surface area contributed by atoms with Crippen molar-refractivity contribution < 1.29 is 9.53 Å². The number of rotatable bonds is 7. The van der Waals surface area contributed by atoms with Gasteiger partial charge in [-0.25, -0.2) is 9.67 Å². The molecule has 140 valence electrons. The lowest BCUT2D eigenvalue weighted by atomic mass is 10.1. The predicted octanol–water partition coefficient (Wildman–Crippen LogP) is 3.66. The number of aryl methyl sites for hydroxylation is 1. The fourth-order valence-corrected chi connectivity index (χ4v) is 2.77. The van der Waals surface area contributed by atoms with E-state index in [-0.39, 0.29) is 11.7 Å². The Hall–Kier alpha value is -2.70. The van der Waals surface area contributed by atoms with Crippen LogP contribution in [0.25, 0.3) is 17.1 Å². The number of benzene rings is 2. The van der Waals surface area contributed by atoms with Crippen LogP contribution in [0, 0.1) is 6.92 Å². The predicted molar refractivity (Wildman–Crippen MR) is 105 cm³/mol. The number of carbonyl (C=O) groups is 1. The highest BCUT2D eigenvalue weighted by atomic mass is 35.5. The molecule has 1 amide bonds. The molecule has 0 bridgehead atoms. The van der Waals surface area contributed by atoms with Crippen LogP contribution in [0.3, 0.4) is 0 Å². The van der Waals surface area contributed by atoms with Gasteiger partial charge >= 0.3 is 0 Å².